The monoisotopic (exact) mass is 594 g/mol. The first kappa shape index (κ1) is 34.2. The molecule has 0 aliphatic carbocycles. The summed E-state index contributed by atoms with van der Waals surface area (Å²) >= 11 is 0. The van der Waals surface area contributed by atoms with Gasteiger partial charge < -0.3 is 30.0 Å². The topological polar surface area (TPSA) is 115 Å². The molecule has 4 aromatic rings. The third-order valence-electron chi connectivity index (χ3n) is 7.23. The number of halogens is 1. The average Bonchev–Trinajstić information content (AvgIpc) is 3.30. The maximum Gasteiger partial charge on any atom is 1.00 e. The predicted molar refractivity (Wildman–Crippen MR) is 158 cm³/mol. The Morgan fingerprint density at radius 1 is 0.837 bits per heavy atom. The van der Waals surface area contributed by atoms with Crippen LogP contribution in [0.4, 0.5) is 4.39 Å². The van der Waals surface area contributed by atoms with Gasteiger partial charge in [0, 0.05) is 46.5 Å². The number of hydrogen-bond donors (Lipinski definition) is 3. The van der Waals surface area contributed by atoms with Crippen LogP contribution in [0.5, 0.6) is 0 Å². The summed E-state index contributed by atoms with van der Waals surface area (Å²) in [7, 11) is 0. The van der Waals surface area contributed by atoms with Crippen molar-refractivity contribution in [2.24, 2.45) is 0 Å². The fourth-order valence-electron chi connectivity index (χ4n) is 5.44. The van der Waals surface area contributed by atoms with Crippen molar-refractivity contribution < 1.29 is 58.9 Å². The number of carbonyl (C=O) groups is 2. The molecule has 3 aromatic carbocycles. The molecule has 0 spiro atoms. The van der Waals surface area contributed by atoms with E-state index in [0.717, 1.165) is 33.6 Å². The fourth-order valence-corrected chi connectivity index (χ4v) is 5.44. The van der Waals surface area contributed by atoms with Crippen molar-refractivity contribution in [3.05, 3.63) is 108 Å². The molecule has 4 rings (SSSR count). The Bertz CT molecular complexity index is 1490. The van der Waals surface area contributed by atoms with Crippen LogP contribution in [0, 0.1) is 5.82 Å². The molecule has 9 heteroatoms. The first-order chi connectivity index (χ1) is 20.2. The van der Waals surface area contributed by atoms with Crippen LogP contribution < -0.4 is 40.0 Å². The number of nitrogens with one attached hydrogen (secondary N) is 1. The van der Waals surface area contributed by atoms with E-state index >= 15 is 0 Å². The van der Waals surface area contributed by atoms with Crippen molar-refractivity contribution in [1.82, 2.24) is 9.88 Å². The van der Waals surface area contributed by atoms with Gasteiger partial charge in [0.05, 0.1) is 18.8 Å². The van der Waals surface area contributed by atoms with Gasteiger partial charge in [-0.15, -0.1) is 0 Å². The number of rotatable bonds is 13. The quantitative estimate of drug-likeness (QED) is 0.204. The molecule has 0 bridgehead atoms. The number of aliphatic hydroxyl groups excluding tert-OH is 2. The summed E-state index contributed by atoms with van der Waals surface area (Å²) in [5, 5.41) is 34.7. The van der Waals surface area contributed by atoms with Gasteiger partial charge in [-0.2, -0.15) is 0 Å². The van der Waals surface area contributed by atoms with E-state index in [0.29, 0.717) is 12.0 Å². The zero-order chi connectivity index (χ0) is 30.2. The van der Waals surface area contributed by atoms with Crippen molar-refractivity contribution in [3.8, 4) is 22.3 Å². The van der Waals surface area contributed by atoms with Gasteiger partial charge in [-0.1, -0.05) is 60.7 Å². The Labute approximate surface area is 273 Å². The molecule has 0 aliphatic heterocycles. The summed E-state index contributed by atoms with van der Waals surface area (Å²) in [5.41, 5.74) is 5.75. The summed E-state index contributed by atoms with van der Waals surface area (Å²) < 4.78 is 16.2. The van der Waals surface area contributed by atoms with E-state index in [1.54, 1.807) is 36.4 Å². The first-order valence-electron chi connectivity index (χ1n) is 14.1. The summed E-state index contributed by atoms with van der Waals surface area (Å²) in [6.45, 7) is 4.29. The number of amides is 1. The van der Waals surface area contributed by atoms with Crippen LogP contribution in [-0.2, 0) is 17.8 Å². The second kappa shape index (κ2) is 16.0. The molecule has 220 valence electrons. The molecule has 0 radical (unpaired) electrons. The molecule has 1 heterocycles. The molecule has 0 saturated carbocycles. The molecular weight excluding hydrogens is 558 g/mol. The number of carboxylic acids is 1. The first-order valence-corrected chi connectivity index (χ1v) is 14.1. The number of benzene rings is 3. The van der Waals surface area contributed by atoms with E-state index in [4.69, 9.17) is 0 Å². The molecule has 1 amide bonds. The van der Waals surface area contributed by atoms with Crippen molar-refractivity contribution in [1.29, 1.82) is 0 Å². The van der Waals surface area contributed by atoms with Crippen molar-refractivity contribution in [3.63, 3.8) is 0 Å². The van der Waals surface area contributed by atoms with Crippen LogP contribution in [-0.4, -0.2) is 38.9 Å². The predicted octanol–water partition coefficient (Wildman–Crippen LogP) is 1.66. The van der Waals surface area contributed by atoms with Gasteiger partial charge in [0.2, 0.25) is 0 Å². The molecule has 0 unspecified atom stereocenters. The minimum Gasteiger partial charge on any atom is -0.550 e. The van der Waals surface area contributed by atoms with Crippen LogP contribution in [0.2, 0.25) is 0 Å². The van der Waals surface area contributed by atoms with Gasteiger partial charge >= 0.3 is 29.6 Å². The molecule has 0 fully saturated rings. The minimum atomic E-state index is -1.38. The van der Waals surface area contributed by atoms with E-state index in [9.17, 15) is 29.3 Å². The summed E-state index contributed by atoms with van der Waals surface area (Å²) in [5.74, 6) is -1.96. The zero-order valence-corrected chi connectivity index (χ0v) is 26.8. The van der Waals surface area contributed by atoms with Crippen LogP contribution in [0.3, 0.4) is 0 Å². The van der Waals surface area contributed by atoms with Crippen LogP contribution in [0.1, 0.15) is 60.9 Å². The van der Waals surface area contributed by atoms with Gasteiger partial charge in [0.15, 0.2) is 0 Å². The maximum absolute atomic E-state index is 14.0. The van der Waals surface area contributed by atoms with E-state index in [2.05, 4.69) is 9.88 Å². The number of carbonyl (C=O) groups excluding carboxylic acids is 2. The largest absolute Gasteiger partial charge is 1.00 e. The van der Waals surface area contributed by atoms with Gasteiger partial charge in [-0.3, -0.25) is 4.79 Å². The number of aliphatic hydroxyl groups is 2. The number of hydrogen-bond acceptors (Lipinski definition) is 5. The third-order valence-corrected chi connectivity index (χ3v) is 7.23. The smallest absolute Gasteiger partial charge is 0.550 e. The van der Waals surface area contributed by atoms with Gasteiger partial charge in [-0.25, -0.2) is 4.39 Å². The van der Waals surface area contributed by atoms with E-state index < -0.39 is 24.6 Å². The summed E-state index contributed by atoms with van der Waals surface area (Å²) in [6.07, 6.45) is -2.20. The molecule has 43 heavy (non-hydrogen) atoms. The number of aliphatic carboxylic acids is 1. The van der Waals surface area contributed by atoms with Gasteiger partial charge in [0.25, 0.3) is 5.91 Å². The Hall–Kier alpha value is -3.27. The molecule has 0 saturated heterocycles. The molecular formula is C34H36FN2NaO5. The number of aromatic nitrogens is 1. The molecule has 7 nitrogen and oxygen atoms in total. The average molecular weight is 595 g/mol. The Balaban J connectivity index is 0.00000506. The Morgan fingerprint density at radius 2 is 1.40 bits per heavy atom. The minimum absolute atomic E-state index is 0. The second-order valence-corrected chi connectivity index (χ2v) is 10.7. The normalized spacial score (nSPS) is 12.4. The standard InChI is InChI=1S/C34H37FN2O5.Na/c1-22(2)37-29(18-17-27(38)19-28(39)20-31(40)41)32(24-13-15-26(35)16-14-24)33(23-9-5-3-6-10-23)30(37)21-36-34(42)25-11-7-4-8-12-25;/h3-16,22,27-28,38-39H,17-21H2,1-2H3,(H,36,42)(H,40,41);/q;+1/p-1/t27-,28-;/m1./s1. The Morgan fingerprint density at radius 3 is 1.98 bits per heavy atom. The van der Waals surface area contributed by atoms with Crippen LogP contribution >= 0.6 is 0 Å². The van der Waals surface area contributed by atoms with E-state index in [1.807, 2.05) is 50.2 Å². The Kier molecular flexibility index (Phi) is 12.7. The van der Waals surface area contributed by atoms with E-state index in [1.165, 1.54) is 12.1 Å². The van der Waals surface area contributed by atoms with Crippen LogP contribution in [0.25, 0.3) is 22.3 Å². The summed E-state index contributed by atoms with van der Waals surface area (Å²) in [6, 6.07) is 24.9. The molecule has 0 aliphatic rings. The van der Waals surface area contributed by atoms with E-state index in [-0.39, 0.29) is 66.7 Å². The number of nitrogens with zero attached hydrogens (tertiary/aromatic N) is 1. The van der Waals surface area contributed by atoms with Gasteiger partial charge in [-0.05, 0) is 68.5 Å². The van der Waals surface area contributed by atoms with Gasteiger partial charge in [0.1, 0.15) is 5.82 Å². The van der Waals surface area contributed by atoms with Crippen molar-refractivity contribution in [2.75, 3.05) is 0 Å². The second-order valence-electron chi connectivity index (χ2n) is 10.7. The SMILES string of the molecule is CC(C)n1c(CC[C@@H](O)C[C@@H](O)CC(=O)[O-])c(-c2ccc(F)cc2)c(-c2ccccc2)c1CNC(=O)c1ccccc1.[Na+]. The molecule has 2 atom stereocenters. The van der Waals surface area contributed by atoms with Crippen molar-refractivity contribution >= 4 is 11.9 Å². The van der Waals surface area contributed by atoms with Crippen molar-refractivity contribution in [2.45, 2.75) is 64.3 Å². The summed E-state index contributed by atoms with van der Waals surface area (Å²) in [4.78, 5) is 24.0. The fraction of sp³-hybridized carbons (Fsp3) is 0.294. The zero-order valence-electron chi connectivity index (χ0n) is 24.8. The molecule has 3 N–H and O–H groups in total. The third kappa shape index (κ3) is 8.87. The maximum atomic E-state index is 14.0. The van der Waals surface area contributed by atoms with Crippen LogP contribution in [0.15, 0.2) is 84.9 Å². The molecule has 1 aromatic heterocycles. The number of carboxylic acid groups (broad SMARTS) is 1.